The SMILES string of the molecule is Cc1cccc2c1-c1ccccc1C2.Cc1cccc2c1-c1ccccc1C2.Cc1ccccc1-c1c(C)cccc1C.Cc1ccccc1-c1cc(-c2cc(-c3ccc(C)c(-c4ccccc4C)c3)cc(-c3ccc(C)c(-c4ccccc4C)c3)c2)ccc1C. The van der Waals surface area contributed by atoms with E-state index in [-0.39, 0.29) is 0 Å². The van der Waals surface area contributed by atoms with Crippen LogP contribution < -0.4 is 0 Å². The monoisotopic (exact) mass is 1170 g/mol. The third-order valence-corrected chi connectivity index (χ3v) is 18.9. The first-order valence-electron chi connectivity index (χ1n) is 32.3. The molecule has 0 heteroatoms. The minimum Gasteiger partial charge on any atom is -0.0620 e. The molecule has 13 aromatic carbocycles. The van der Waals surface area contributed by atoms with Crippen LogP contribution in [-0.2, 0) is 12.8 Å². The number of hydrogen-bond acceptors (Lipinski definition) is 0. The molecule has 0 N–H and O–H groups in total. The van der Waals surface area contributed by atoms with Crippen molar-refractivity contribution in [1.29, 1.82) is 0 Å². The van der Waals surface area contributed by atoms with Gasteiger partial charge in [-0.1, -0.05) is 237 Å². The van der Waals surface area contributed by atoms with Crippen molar-refractivity contribution in [3.8, 4) is 100 Å². The lowest BCUT2D eigenvalue weighted by molar-refractivity contribution is 1.26. The van der Waals surface area contributed by atoms with E-state index >= 15 is 0 Å². The Labute approximate surface area is 542 Å². The van der Waals surface area contributed by atoms with E-state index in [1.807, 2.05) is 0 Å². The van der Waals surface area contributed by atoms with Crippen molar-refractivity contribution in [2.75, 3.05) is 0 Å². The highest BCUT2D eigenvalue weighted by atomic mass is 14.2. The smallest absolute Gasteiger partial charge is 0.00134 e. The van der Waals surface area contributed by atoms with Gasteiger partial charge in [-0.2, -0.15) is 0 Å². The largest absolute Gasteiger partial charge is 0.0620 e. The maximum atomic E-state index is 2.38. The Balaban J connectivity index is 0.000000148. The number of aryl methyl sites for hydroxylation is 11. The Kier molecular flexibility index (Phi) is 18.1. The highest BCUT2D eigenvalue weighted by molar-refractivity contribution is 5.88. The van der Waals surface area contributed by atoms with Gasteiger partial charge in [0.05, 0.1) is 0 Å². The molecule has 0 bridgehead atoms. The summed E-state index contributed by atoms with van der Waals surface area (Å²) in [7, 11) is 0. The van der Waals surface area contributed by atoms with Gasteiger partial charge in [0.1, 0.15) is 0 Å². The van der Waals surface area contributed by atoms with Crippen LogP contribution in [0.1, 0.15) is 83.5 Å². The molecule has 0 unspecified atom stereocenters. The molecule has 13 aromatic rings. The summed E-state index contributed by atoms with van der Waals surface area (Å²) in [5, 5.41) is 0. The third-order valence-electron chi connectivity index (χ3n) is 18.9. The topological polar surface area (TPSA) is 0 Å². The lowest BCUT2D eigenvalue weighted by atomic mass is 9.87. The van der Waals surface area contributed by atoms with Crippen LogP contribution in [0.15, 0.2) is 273 Å². The average molecular weight is 1180 g/mol. The molecule has 0 spiro atoms. The molecule has 2 aliphatic carbocycles. The van der Waals surface area contributed by atoms with Crippen LogP contribution in [0.25, 0.3) is 100 Å². The molecule has 0 nitrogen and oxygen atoms in total. The lowest BCUT2D eigenvalue weighted by Gasteiger charge is -2.17. The summed E-state index contributed by atoms with van der Waals surface area (Å²) >= 11 is 0. The molecule has 0 fully saturated rings. The van der Waals surface area contributed by atoms with Gasteiger partial charge in [-0.05, 0) is 309 Å². The van der Waals surface area contributed by atoms with Crippen molar-refractivity contribution in [2.24, 2.45) is 0 Å². The zero-order valence-corrected chi connectivity index (χ0v) is 54.9. The molecule has 91 heavy (non-hydrogen) atoms. The van der Waals surface area contributed by atoms with Gasteiger partial charge in [0.25, 0.3) is 0 Å². The van der Waals surface area contributed by atoms with E-state index in [0.717, 1.165) is 12.8 Å². The fraction of sp³-hybridized carbons (Fsp3) is 0.143. The molecule has 446 valence electrons. The van der Waals surface area contributed by atoms with Crippen molar-refractivity contribution in [2.45, 2.75) is 89.0 Å². The van der Waals surface area contributed by atoms with Crippen LogP contribution in [0.2, 0.25) is 0 Å². The van der Waals surface area contributed by atoms with E-state index < -0.39 is 0 Å². The molecule has 0 heterocycles. The molecule has 15 rings (SSSR count). The molecule has 0 aromatic heterocycles. The Bertz CT molecular complexity index is 4440. The number of rotatable bonds is 7. The first kappa shape index (κ1) is 61.1. The molecule has 2 aliphatic rings. The van der Waals surface area contributed by atoms with E-state index in [1.54, 1.807) is 0 Å². The average Bonchev–Trinajstić information content (AvgIpc) is 1.83. The molecule has 0 saturated carbocycles. The zero-order valence-electron chi connectivity index (χ0n) is 54.9. The molecule has 0 aliphatic heterocycles. The highest BCUT2D eigenvalue weighted by Crippen LogP contribution is 2.42. The summed E-state index contributed by atoms with van der Waals surface area (Å²) in [6.45, 7) is 24.2. The predicted octanol–water partition coefficient (Wildman–Crippen LogP) is 25.0. The van der Waals surface area contributed by atoms with Crippen LogP contribution in [-0.4, -0.2) is 0 Å². The summed E-state index contributed by atoms with van der Waals surface area (Å²) in [5.74, 6) is 0. The maximum Gasteiger partial charge on any atom is -0.00134 e. The van der Waals surface area contributed by atoms with Gasteiger partial charge >= 0.3 is 0 Å². The van der Waals surface area contributed by atoms with Crippen LogP contribution in [0.4, 0.5) is 0 Å². The van der Waals surface area contributed by atoms with E-state index in [9.17, 15) is 0 Å². The quantitative estimate of drug-likeness (QED) is 0.149. The van der Waals surface area contributed by atoms with Crippen molar-refractivity contribution < 1.29 is 0 Å². The lowest BCUT2D eigenvalue weighted by Crippen LogP contribution is -1.92. The molecule has 0 atom stereocenters. The van der Waals surface area contributed by atoms with E-state index in [1.165, 1.54) is 184 Å². The van der Waals surface area contributed by atoms with Gasteiger partial charge in [0.15, 0.2) is 0 Å². The second-order valence-electron chi connectivity index (χ2n) is 25.3. The molecule has 0 amide bonds. The summed E-state index contributed by atoms with van der Waals surface area (Å²) in [6, 6.07) is 99.6. The van der Waals surface area contributed by atoms with Gasteiger partial charge in [-0.25, -0.2) is 0 Å². The van der Waals surface area contributed by atoms with Crippen LogP contribution in [0.3, 0.4) is 0 Å². The summed E-state index contributed by atoms with van der Waals surface area (Å²) in [5.41, 5.74) is 44.0. The second-order valence-corrected chi connectivity index (χ2v) is 25.3. The number of benzene rings is 13. The fourth-order valence-electron chi connectivity index (χ4n) is 13.9. The molecular formula is C91H82. The Morgan fingerprint density at radius 3 is 0.725 bits per heavy atom. The van der Waals surface area contributed by atoms with Gasteiger partial charge < -0.3 is 0 Å². The van der Waals surface area contributed by atoms with E-state index in [0.29, 0.717) is 0 Å². The van der Waals surface area contributed by atoms with Crippen molar-refractivity contribution in [3.63, 3.8) is 0 Å². The Morgan fingerprint density at radius 1 is 0.154 bits per heavy atom. The predicted molar refractivity (Wildman–Crippen MR) is 392 cm³/mol. The maximum absolute atomic E-state index is 2.38. The standard InChI is InChI=1S/C48H42.C15H16.2C14H12/c1-31-13-7-10-16-43(31)46-28-37(22-19-34(46)4)40-25-41(38-23-20-35(5)47(29-38)44-17-11-8-14-32(44)2)27-42(26-40)39-24-21-36(6)48(30-39)45-18-12-9-15-33(45)3;1-11-7-4-5-10-14(11)15-12(2)8-6-9-13(15)3;2*1-10-5-4-7-12-9-11-6-2-3-8-13(11)14(10)12/h7-30H,1-6H3;4-10H,1-3H3;2*2-8H,9H2,1H3. The van der Waals surface area contributed by atoms with Crippen molar-refractivity contribution >= 4 is 0 Å². The van der Waals surface area contributed by atoms with Crippen LogP contribution in [0.5, 0.6) is 0 Å². The molecular weight excluding hydrogens is 1090 g/mol. The first-order valence-corrected chi connectivity index (χ1v) is 32.3. The normalized spacial score (nSPS) is 11.4. The first-order chi connectivity index (χ1) is 44.2. The zero-order chi connectivity index (χ0) is 63.3. The van der Waals surface area contributed by atoms with Crippen molar-refractivity contribution in [3.05, 3.63) is 356 Å². The van der Waals surface area contributed by atoms with Crippen molar-refractivity contribution in [1.82, 2.24) is 0 Å². The minimum absolute atomic E-state index is 1.10. The van der Waals surface area contributed by atoms with Gasteiger partial charge in [0, 0.05) is 0 Å². The third kappa shape index (κ3) is 13.0. The number of fused-ring (bicyclic) bond motifs is 6. The summed E-state index contributed by atoms with van der Waals surface area (Å²) < 4.78 is 0. The fourth-order valence-corrected chi connectivity index (χ4v) is 13.9. The molecule has 0 radical (unpaired) electrons. The summed E-state index contributed by atoms with van der Waals surface area (Å²) in [4.78, 5) is 0. The van der Waals surface area contributed by atoms with Gasteiger partial charge in [0.2, 0.25) is 0 Å². The van der Waals surface area contributed by atoms with E-state index in [4.69, 9.17) is 0 Å². The van der Waals surface area contributed by atoms with Gasteiger partial charge in [-0.3, -0.25) is 0 Å². The second kappa shape index (κ2) is 26.9. The Hall–Kier alpha value is -10.1. The van der Waals surface area contributed by atoms with E-state index in [2.05, 4.69) is 349 Å². The molecule has 0 saturated heterocycles. The number of hydrogen-bond donors (Lipinski definition) is 0. The summed E-state index contributed by atoms with van der Waals surface area (Å²) in [6.07, 6.45) is 2.21. The highest BCUT2D eigenvalue weighted by Gasteiger charge is 2.21. The van der Waals surface area contributed by atoms with Crippen LogP contribution in [0, 0.1) is 76.2 Å². The Morgan fingerprint density at radius 2 is 0.396 bits per heavy atom. The van der Waals surface area contributed by atoms with Gasteiger partial charge in [-0.15, -0.1) is 0 Å². The minimum atomic E-state index is 1.10. The van der Waals surface area contributed by atoms with Crippen LogP contribution >= 0.6 is 0 Å².